The highest BCUT2D eigenvalue weighted by atomic mass is 35.5. The molecule has 2 aliphatic rings. The summed E-state index contributed by atoms with van der Waals surface area (Å²) in [4.78, 5) is 39.4. The minimum absolute atomic E-state index is 0.242. The number of halogens is 2. The molecule has 0 saturated heterocycles. The van der Waals surface area contributed by atoms with Gasteiger partial charge >= 0.3 is 11.9 Å². The molecule has 9 heteroatoms. The largest absolute Gasteiger partial charge is 0.468 e. The third-order valence-electron chi connectivity index (χ3n) is 5.92. The molecule has 1 aliphatic heterocycles. The van der Waals surface area contributed by atoms with Crippen molar-refractivity contribution in [2.45, 2.75) is 33.1 Å². The second-order valence-corrected chi connectivity index (χ2v) is 10.2. The number of dihydropyridines is 1. The summed E-state index contributed by atoms with van der Waals surface area (Å²) < 4.78 is 10.5. The van der Waals surface area contributed by atoms with Crippen molar-refractivity contribution >= 4 is 52.7 Å². The van der Waals surface area contributed by atoms with Crippen molar-refractivity contribution in [1.82, 2.24) is 5.32 Å². The molecule has 0 amide bonds. The van der Waals surface area contributed by atoms with Gasteiger partial charge in [-0.25, -0.2) is 4.79 Å². The number of hydrogen-bond acceptors (Lipinski definition) is 7. The lowest BCUT2D eigenvalue weighted by Crippen LogP contribution is -2.43. The molecule has 0 aromatic heterocycles. The normalized spacial score (nSPS) is 22.6. The van der Waals surface area contributed by atoms with Gasteiger partial charge in [0.15, 0.2) is 5.78 Å². The number of methoxy groups -OCH3 is 1. The maximum atomic E-state index is 13.7. The van der Waals surface area contributed by atoms with Gasteiger partial charge in [0.25, 0.3) is 0 Å². The summed E-state index contributed by atoms with van der Waals surface area (Å²) in [6.07, 6.45) is 0.447. The Morgan fingerprint density at radius 1 is 1.27 bits per heavy atom. The summed E-state index contributed by atoms with van der Waals surface area (Å²) in [6, 6.07) is 5.10. The fourth-order valence-electron chi connectivity index (χ4n) is 4.42. The number of Topliss-reactive ketones (excluding diaryl/α,β-unsaturated/α-hetero) is 1. The number of esters is 2. The first-order valence-corrected chi connectivity index (χ1v) is 12.7. The Bertz CT molecular complexity index is 1040. The summed E-state index contributed by atoms with van der Waals surface area (Å²) in [6.45, 7) is 5.88. The van der Waals surface area contributed by atoms with Crippen molar-refractivity contribution in [3.63, 3.8) is 0 Å². The number of thioether (sulfide) groups is 1. The molecule has 1 N–H and O–H groups in total. The van der Waals surface area contributed by atoms with Gasteiger partial charge in [0.2, 0.25) is 0 Å². The van der Waals surface area contributed by atoms with Crippen molar-refractivity contribution in [2.24, 2.45) is 11.8 Å². The molecule has 0 unspecified atom stereocenters. The van der Waals surface area contributed by atoms with Gasteiger partial charge in [-0.05, 0) is 36.6 Å². The average molecular weight is 512 g/mol. The highest BCUT2D eigenvalue weighted by Gasteiger charge is 2.47. The van der Waals surface area contributed by atoms with E-state index in [1.807, 2.05) is 13.8 Å². The van der Waals surface area contributed by atoms with Gasteiger partial charge in [-0.15, -0.1) is 0 Å². The van der Waals surface area contributed by atoms with Crippen LogP contribution in [0.5, 0.6) is 0 Å². The number of rotatable bonds is 7. The Morgan fingerprint density at radius 2 is 2.00 bits per heavy atom. The fourth-order valence-corrected chi connectivity index (χ4v) is 5.33. The molecule has 1 aliphatic carbocycles. The predicted octanol–water partition coefficient (Wildman–Crippen LogP) is 4.90. The number of nitrogens with one attached hydrogen (secondary N) is 1. The van der Waals surface area contributed by atoms with E-state index in [0.717, 1.165) is 5.75 Å². The van der Waals surface area contributed by atoms with E-state index < -0.39 is 23.8 Å². The molecule has 6 nitrogen and oxygen atoms in total. The van der Waals surface area contributed by atoms with E-state index in [2.05, 4.69) is 5.32 Å². The number of benzene rings is 1. The van der Waals surface area contributed by atoms with Gasteiger partial charge < -0.3 is 14.8 Å². The quantitative estimate of drug-likeness (QED) is 0.316. The number of ether oxygens (including phenoxy) is 2. The van der Waals surface area contributed by atoms with Crippen LogP contribution >= 0.6 is 35.0 Å². The Balaban J connectivity index is 2.13. The standard InChI is InChI=1S/C24H27Cl2NO5S/c1-5-33-10-9-32-24(30)18-13(3)27-16-11-12(2)17(23(29)31-4)22(28)20(16)19(18)14-7-6-8-15(25)21(14)26/h6-8,12,17,19,27H,5,9-11H2,1-4H3/t12-,17+,19+/m1/s1. The molecule has 33 heavy (non-hydrogen) atoms. The molecule has 1 aromatic rings. The van der Waals surface area contributed by atoms with Gasteiger partial charge in [-0.2, -0.15) is 11.8 Å². The topological polar surface area (TPSA) is 81.7 Å². The van der Waals surface area contributed by atoms with Crippen LogP contribution in [-0.2, 0) is 23.9 Å². The number of ketones is 1. The Morgan fingerprint density at radius 3 is 2.67 bits per heavy atom. The van der Waals surface area contributed by atoms with Gasteiger partial charge in [0, 0.05) is 28.6 Å². The second kappa shape index (κ2) is 11.0. The van der Waals surface area contributed by atoms with Crippen molar-refractivity contribution in [1.29, 1.82) is 0 Å². The highest BCUT2D eigenvalue weighted by Crippen LogP contribution is 2.47. The predicted molar refractivity (Wildman–Crippen MR) is 130 cm³/mol. The number of carbonyl (C=O) groups is 3. The first kappa shape index (κ1) is 25.7. The molecule has 0 fully saturated rings. The van der Waals surface area contributed by atoms with Crippen LogP contribution in [0.1, 0.15) is 38.7 Å². The monoisotopic (exact) mass is 511 g/mol. The van der Waals surface area contributed by atoms with Crippen molar-refractivity contribution in [3.05, 3.63) is 56.3 Å². The summed E-state index contributed by atoms with van der Waals surface area (Å²) in [5.74, 6) is -1.98. The first-order valence-electron chi connectivity index (χ1n) is 10.7. The fraction of sp³-hybridized carbons (Fsp3) is 0.458. The van der Waals surface area contributed by atoms with Crippen LogP contribution in [-0.4, -0.2) is 42.9 Å². The number of allylic oxidation sites excluding steroid dienone is 3. The summed E-state index contributed by atoms with van der Waals surface area (Å²) in [5.41, 5.74) is 2.38. The van der Waals surface area contributed by atoms with E-state index in [1.165, 1.54) is 7.11 Å². The maximum Gasteiger partial charge on any atom is 0.336 e. The summed E-state index contributed by atoms with van der Waals surface area (Å²) in [5, 5.41) is 3.78. The van der Waals surface area contributed by atoms with E-state index in [9.17, 15) is 14.4 Å². The third-order valence-corrected chi connectivity index (χ3v) is 7.62. The van der Waals surface area contributed by atoms with Gasteiger partial charge in [-0.1, -0.05) is 49.2 Å². The molecule has 3 atom stereocenters. The van der Waals surface area contributed by atoms with E-state index in [1.54, 1.807) is 36.9 Å². The highest BCUT2D eigenvalue weighted by molar-refractivity contribution is 7.99. The van der Waals surface area contributed by atoms with Crippen molar-refractivity contribution in [3.8, 4) is 0 Å². The van der Waals surface area contributed by atoms with Gasteiger partial charge in [0.1, 0.15) is 12.5 Å². The molecule has 3 rings (SSSR count). The summed E-state index contributed by atoms with van der Waals surface area (Å²) in [7, 11) is 1.26. The minimum Gasteiger partial charge on any atom is -0.468 e. The molecule has 1 aromatic carbocycles. The second-order valence-electron chi connectivity index (χ2n) is 8.01. The van der Waals surface area contributed by atoms with Crippen LogP contribution in [0, 0.1) is 11.8 Å². The SMILES string of the molecule is CCSCCOC(=O)C1=C(C)NC2=C(C(=O)[C@@H](C(=O)OC)[C@H](C)C2)[C@H]1c1cccc(Cl)c1Cl. The van der Waals surface area contributed by atoms with Crippen LogP contribution in [0.4, 0.5) is 0 Å². The molecular formula is C24H27Cl2NO5S. The molecule has 0 saturated carbocycles. The van der Waals surface area contributed by atoms with Crippen LogP contribution in [0.2, 0.25) is 10.0 Å². The Hall–Kier alpha value is -1.96. The molecular weight excluding hydrogens is 485 g/mol. The Kier molecular flexibility index (Phi) is 8.54. The lowest BCUT2D eigenvalue weighted by atomic mass is 9.69. The molecule has 1 heterocycles. The third kappa shape index (κ3) is 5.10. The maximum absolute atomic E-state index is 13.7. The number of carbonyl (C=O) groups excluding carboxylic acids is 3. The Labute approximate surface area is 208 Å². The molecule has 0 spiro atoms. The molecule has 0 bridgehead atoms. The lowest BCUT2D eigenvalue weighted by Gasteiger charge is -2.38. The zero-order valence-corrected chi connectivity index (χ0v) is 21.3. The summed E-state index contributed by atoms with van der Waals surface area (Å²) >= 11 is 14.5. The van der Waals surface area contributed by atoms with Gasteiger partial charge in [-0.3, -0.25) is 9.59 Å². The van der Waals surface area contributed by atoms with E-state index in [0.29, 0.717) is 39.7 Å². The first-order chi connectivity index (χ1) is 15.7. The average Bonchev–Trinajstić information content (AvgIpc) is 2.77. The smallest absolute Gasteiger partial charge is 0.336 e. The zero-order valence-electron chi connectivity index (χ0n) is 19.0. The van der Waals surface area contributed by atoms with Crippen LogP contribution in [0.3, 0.4) is 0 Å². The van der Waals surface area contributed by atoms with Crippen LogP contribution in [0.15, 0.2) is 40.7 Å². The van der Waals surface area contributed by atoms with E-state index in [-0.39, 0.29) is 28.9 Å². The van der Waals surface area contributed by atoms with E-state index >= 15 is 0 Å². The molecule has 0 radical (unpaired) electrons. The minimum atomic E-state index is -0.965. The van der Waals surface area contributed by atoms with Crippen molar-refractivity contribution in [2.75, 3.05) is 25.2 Å². The van der Waals surface area contributed by atoms with Crippen LogP contribution in [0.25, 0.3) is 0 Å². The zero-order chi connectivity index (χ0) is 24.3. The molecule has 178 valence electrons. The van der Waals surface area contributed by atoms with Gasteiger partial charge in [0.05, 0.1) is 22.7 Å². The van der Waals surface area contributed by atoms with Crippen molar-refractivity contribution < 1.29 is 23.9 Å². The lowest BCUT2D eigenvalue weighted by molar-refractivity contribution is -0.151. The number of hydrogen-bond donors (Lipinski definition) is 1. The van der Waals surface area contributed by atoms with E-state index in [4.69, 9.17) is 32.7 Å². The van der Waals surface area contributed by atoms with Crippen LogP contribution < -0.4 is 5.32 Å².